The van der Waals surface area contributed by atoms with Crippen LogP contribution in [-0.2, 0) is 6.54 Å². The molecule has 0 saturated heterocycles. The molecule has 0 fully saturated rings. The molecular formula is C14H18ClN3. The van der Waals surface area contributed by atoms with Gasteiger partial charge in [-0.25, -0.2) is 4.68 Å². The summed E-state index contributed by atoms with van der Waals surface area (Å²) in [6.45, 7) is 7.93. The van der Waals surface area contributed by atoms with Crippen LogP contribution in [0.4, 0.5) is 0 Å². The highest BCUT2D eigenvalue weighted by atomic mass is 35.5. The van der Waals surface area contributed by atoms with E-state index in [0.717, 1.165) is 35.1 Å². The van der Waals surface area contributed by atoms with E-state index in [-0.39, 0.29) is 0 Å². The fourth-order valence-corrected chi connectivity index (χ4v) is 1.96. The molecule has 0 atom stereocenters. The molecule has 1 N–H and O–H groups in total. The second kappa shape index (κ2) is 5.55. The molecule has 0 bridgehead atoms. The monoisotopic (exact) mass is 263 g/mol. The molecule has 0 spiro atoms. The third-order valence-electron chi connectivity index (χ3n) is 2.99. The van der Waals surface area contributed by atoms with Gasteiger partial charge in [0, 0.05) is 23.3 Å². The van der Waals surface area contributed by atoms with E-state index in [0.29, 0.717) is 0 Å². The maximum atomic E-state index is 6.14. The molecule has 0 aliphatic carbocycles. The average molecular weight is 264 g/mol. The van der Waals surface area contributed by atoms with Gasteiger partial charge in [-0.3, -0.25) is 0 Å². The third-order valence-corrected chi connectivity index (χ3v) is 3.39. The average Bonchev–Trinajstić information content (AvgIpc) is 2.72. The Morgan fingerprint density at radius 3 is 2.78 bits per heavy atom. The summed E-state index contributed by atoms with van der Waals surface area (Å²) in [7, 11) is 0. The number of nitrogens with one attached hydrogen (secondary N) is 1. The minimum atomic E-state index is 0.772. The molecule has 4 heteroatoms. The summed E-state index contributed by atoms with van der Waals surface area (Å²) in [4.78, 5) is 0. The second-order valence-electron chi connectivity index (χ2n) is 4.40. The van der Waals surface area contributed by atoms with E-state index < -0.39 is 0 Å². The van der Waals surface area contributed by atoms with Crippen LogP contribution in [0.2, 0.25) is 5.02 Å². The van der Waals surface area contributed by atoms with Crippen LogP contribution in [-0.4, -0.2) is 16.3 Å². The van der Waals surface area contributed by atoms with E-state index in [2.05, 4.69) is 23.5 Å². The Labute approximate surface area is 113 Å². The van der Waals surface area contributed by atoms with Crippen molar-refractivity contribution in [1.29, 1.82) is 0 Å². The summed E-state index contributed by atoms with van der Waals surface area (Å²) in [5.41, 5.74) is 4.34. The van der Waals surface area contributed by atoms with E-state index in [4.69, 9.17) is 11.6 Å². The van der Waals surface area contributed by atoms with Gasteiger partial charge in [0.15, 0.2) is 0 Å². The minimum absolute atomic E-state index is 0.772. The lowest BCUT2D eigenvalue weighted by atomic mass is 10.2. The number of hydrogen-bond acceptors (Lipinski definition) is 2. The number of benzene rings is 1. The van der Waals surface area contributed by atoms with Crippen LogP contribution in [0.15, 0.2) is 24.4 Å². The van der Waals surface area contributed by atoms with Crippen molar-refractivity contribution in [2.45, 2.75) is 27.3 Å². The number of nitrogens with zero attached hydrogens (tertiary/aromatic N) is 2. The van der Waals surface area contributed by atoms with Gasteiger partial charge < -0.3 is 5.32 Å². The lowest BCUT2D eigenvalue weighted by Crippen LogP contribution is -2.11. The molecule has 3 nitrogen and oxygen atoms in total. The highest BCUT2D eigenvalue weighted by Crippen LogP contribution is 2.20. The fourth-order valence-electron chi connectivity index (χ4n) is 1.79. The summed E-state index contributed by atoms with van der Waals surface area (Å²) in [6, 6.07) is 5.99. The first kappa shape index (κ1) is 13.1. The molecular weight excluding hydrogens is 246 g/mol. The van der Waals surface area contributed by atoms with Crippen LogP contribution in [0.3, 0.4) is 0 Å². The third kappa shape index (κ3) is 2.74. The Bertz CT molecular complexity index is 546. The second-order valence-corrected chi connectivity index (χ2v) is 4.81. The Balaban J connectivity index is 2.30. The van der Waals surface area contributed by atoms with Gasteiger partial charge in [0.1, 0.15) is 0 Å². The SMILES string of the molecule is CCNCc1cn(-c2ccc(C)c(Cl)c2)nc1C. The van der Waals surface area contributed by atoms with Crippen LogP contribution in [0, 0.1) is 13.8 Å². The first-order chi connectivity index (χ1) is 8.61. The fraction of sp³-hybridized carbons (Fsp3) is 0.357. The van der Waals surface area contributed by atoms with Gasteiger partial charge in [0.05, 0.1) is 11.4 Å². The molecule has 0 aliphatic heterocycles. The van der Waals surface area contributed by atoms with Crippen molar-refractivity contribution in [3.05, 3.63) is 46.2 Å². The molecule has 1 aromatic heterocycles. The lowest BCUT2D eigenvalue weighted by molar-refractivity contribution is 0.723. The van der Waals surface area contributed by atoms with Crippen molar-refractivity contribution in [3.8, 4) is 5.69 Å². The van der Waals surface area contributed by atoms with Crippen LogP contribution in [0.1, 0.15) is 23.7 Å². The largest absolute Gasteiger partial charge is 0.313 e. The van der Waals surface area contributed by atoms with Gasteiger partial charge in [-0.15, -0.1) is 0 Å². The van der Waals surface area contributed by atoms with Gasteiger partial charge >= 0.3 is 0 Å². The number of aryl methyl sites for hydroxylation is 2. The number of rotatable bonds is 4. The van der Waals surface area contributed by atoms with Crippen molar-refractivity contribution in [2.75, 3.05) is 6.54 Å². The van der Waals surface area contributed by atoms with Crippen molar-refractivity contribution in [3.63, 3.8) is 0 Å². The highest BCUT2D eigenvalue weighted by molar-refractivity contribution is 6.31. The Morgan fingerprint density at radius 1 is 1.33 bits per heavy atom. The van der Waals surface area contributed by atoms with Crippen LogP contribution in [0.25, 0.3) is 5.69 Å². The number of halogens is 1. The zero-order valence-corrected chi connectivity index (χ0v) is 11.8. The first-order valence-corrected chi connectivity index (χ1v) is 6.52. The summed E-state index contributed by atoms with van der Waals surface area (Å²) < 4.78 is 1.88. The molecule has 0 saturated carbocycles. The molecule has 1 heterocycles. The van der Waals surface area contributed by atoms with Crippen molar-refractivity contribution in [1.82, 2.24) is 15.1 Å². The number of hydrogen-bond donors (Lipinski definition) is 1. The van der Waals surface area contributed by atoms with Crippen molar-refractivity contribution >= 4 is 11.6 Å². The molecule has 18 heavy (non-hydrogen) atoms. The summed E-state index contributed by atoms with van der Waals surface area (Å²) in [5, 5.41) is 8.61. The molecule has 0 amide bonds. The van der Waals surface area contributed by atoms with E-state index in [1.165, 1.54) is 5.56 Å². The maximum Gasteiger partial charge on any atom is 0.0660 e. The highest BCUT2D eigenvalue weighted by Gasteiger charge is 2.06. The van der Waals surface area contributed by atoms with E-state index >= 15 is 0 Å². The van der Waals surface area contributed by atoms with Gasteiger partial charge in [0.25, 0.3) is 0 Å². The maximum absolute atomic E-state index is 6.14. The zero-order chi connectivity index (χ0) is 13.1. The summed E-state index contributed by atoms with van der Waals surface area (Å²) >= 11 is 6.14. The van der Waals surface area contributed by atoms with E-state index in [1.807, 2.05) is 36.7 Å². The summed E-state index contributed by atoms with van der Waals surface area (Å²) in [5.74, 6) is 0. The van der Waals surface area contributed by atoms with Crippen molar-refractivity contribution < 1.29 is 0 Å². The van der Waals surface area contributed by atoms with Crippen LogP contribution >= 0.6 is 11.6 Å². The molecule has 2 rings (SSSR count). The minimum Gasteiger partial charge on any atom is -0.313 e. The predicted molar refractivity (Wildman–Crippen MR) is 75.4 cm³/mol. The van der Waals surface area contributed by atoms with E-state index in [1.54, 1.807) is 0 Å². The molecule has 0 aliphatic rings. The van der Waals surface area contributed by atoms with Gasteiger partial charge in [-0.1, -0.05) is 24.6 Å². The van der Waals surface area contributed by atoms with Gasteiger partial charge in [0.2, 0.25) is 0 Å². The normalized spacial score (nSPS) is 10.9. The first-order valence-electron chi connectivity index (χ1n) is 6.14. The zero-order valence-electron chi connectivity index (χ0n) is 11.0. The molecule has 1 aromatic carbocycles. The van der Waals surface area contributed by atoms with Crippen LogP contribution < -0.4 is 5.32 Å². The van der Waals surface area contributed by atoms with Gasteiger partial charge in [-0.05, 0) is 38.1 Å². The molecule has 0 unspecified atom stereocenters. The molecule has 96 valence electrons. The number of aromatic nitrogens is 2. The smallest absolute Gasteiger partial charge is 0.0660 e. The lowest BCUT2D eigenvalue weighted by Gasteiger charge is -2.03. The predicted octanol–water partition coefficient (Wildman–Crippen LogP) is 3.25. The Hall–Kier alpha value is -1.32. The quantitative estimate of drug-likeness (QED) is 0.918. The van der Waals surface area contributed by atoms with Crippen molar-refractivity contribution in [2.24, 2.45) is 0 Å². The van der Waals surface area contributed by atoms with Crippen LogP contribution in [0.5, 0.6) is 0 Å². The topological polar surface area (TPSA) is 29.9 Å². The molecule has 0 radical (unpaired) electrons. The summed E-state index contributed by atoms with van der Waals surface area (Å²) in [6.07, 6.45) is 2.05. The standard InChI is InChI=1S/C14H18ClN3/c1-4-16-8-12-9-18(17-11(12)3)13-6-5-10(2)14(15)7-13/h5-7,9,16H,4,8H2,1-3H3. The Morgan fingerprint density at radius 2 is 2.11 bits per heavy atom. The Kier molecular flexibility index (Phi) is 4.04. The van der Waals surface area contributed by atoms with Gasteiger partial charge in [-0.2, -0.15) is 5.10 Å². The molecule has 2 aromatic rings. The van der Waals surface area contributed by atoms with E-state index in [9.17, 15) is 0 Å².